The number of carbonyl (C=O) groups is 2. The van der Waals surface area contributed by atoms with Crippen LogP contribution in [0.4, 0.5) is 0 Å². The van der Waals surface area contributed by atoms with Crippen LogP contribution < -0.4 is 11.1 Å². The molecule has 0 bridgehead atoms. The Kier molecular flexibility index (Phi) is 7.57. The smallest absolute Gasteiger partial charge is 0.323 e. The molecule has 0 rings (SSSR count). The second-order valence-corrected chi connectivity index (χ2v) is 3.12. The normalized spacial score (nSPS) is 12.1. The van der Waals surface area contributed by atoms with Gasteiger partial charge in [0.1, 0.15) is 12.6 Å². The number of nitrogens with two attached hydrogens (primary N) is 1. The van der Waals surface area contributed by atoms with E-state index in [0.29, 0.717) is 6.54 Å². The van der Waals surface area contributed by atoms with Crippen molar-refractivity contribution >= 4 is 11.9 Å². The number of rotatable bonds is 8. The molecule has 6 nitrogen and oxygen atoms in total. The van der Waals surface area contributed by atoms with Crippen LogP contribution in [-0.2, 0) is 14.3 Å². The summed E-state index contributed by atoms with van der Waals surface area (Å²) in [6, 6.07) is -1.08. The van der Waals surface area contributed by atoms with Gasteiger partial charge in [0.05, 0.1) is 6.42 Å². The predicted octanol–water partition coefficient (Wildman–Crippen LogP) is -0.669. The average molecular weight is 218 g/mol. The molecule has 6 heteroatoms. The highest BCUT2D eigenvalue weighted by Crippen LogP contribution is 1.91. The van der Waals surface area contributed by atoms with Crippen LogP contribution in [0.5, 0.6) is 0 Å². The van der Waals surface area contributed by atoms with Crippen molar-refractivity contribution in [2.45, 2.75) is 25.8 Å². The lowest BCUT2D eigenvalue weighted by Gasteiger charge is -2.09. The summed E-state index contributed by atoms with van der Waals surface area (Å²) in [4.78, 5) is 21.3. The van der Waals surface area contributed by atoms with Crippen molar-refractivity contribution in [1.29, 1.82) is 0 Å². The fourth-order valence-corrected chi connectivity index (χ4v) is 0.904. The van der Waals surface area contributed by atoms with E-state index >= 15 is 0 Å². The molecule has 0 fully saturated rings. The van der Waals surface area contributed by atoms with Crippen LogP contribution >= 0.6 is 0 Å². The number of carboxylic acid groups (broad SMARTS) is 1. The van der Waals surface area contributed by atoms with E-state index in [1.54, 1.807) is 0 Å². The third kappa shape index (κ3) is 7.90. The Morgan fingerprint density at radius 2 is 2.13 bits per heavy atom. The lowest BCUT2D eigenvalue weighted by Crippen LogP contribution is -2.35. The first kappa shape index (κ1) is 13.9. The molecule has 0 aliphatic heterocycles. The molecule has 0 aliphatic carbocycles. The van der Waals surface area contributed by atoms with Crippen molar-refractivity contribution < 1.29 is 19.4 Å². The van der Waals surface area contributed by atoms with E-state index in [-0.39, 0.29) is 6.61 Å². The average Bonchev–Trinajstić information content (AvgIpc) is 2.16. The van der Waals surface area contributed by atoms with Crippen molar-refractivity contribution in [3.8, 4) is 0 Å². The quantitative estimate of drug-likeness (QED) is 0.369. The molecule has 0 unspecified atom stereocenters. The molecule has 15 heavy (non-hydrogen) atoms. The number of esters is 1. The minimum Gasteiger partial charge on any atom is -0.481 e. The fraction of sp³-hybridized carbons (Fsp3) is 0.778. The van der Waals surface area contributed by atoms with Gasteiger partial charge in [-0.05, 0) is 13.0 Å². The molecule has 0 aromatic carbocycles. The Labute approximate surface area is 88.8 Å². The van der Waals surface area contributed by atoms with Gasteiger partial charge < -0.3 is 20.9 Å². The zero-order valence-corrected chi connectivity index (χ0v) is 8.86. The minimum absolute atomic E-state index is 0.214. The second kappa shape index (κ2) is 8.19. The number of carboxylic acids is 1. The highest BCUT2D eigenvalue weighted by Gasteiger charge is 2.17. The fourth-order valence-electron chi connectivity index (χ4n) is 0.904. The SMILES string of the molecule is CCCNCCOC(=O)[C@@H](N)CC(=O)O. The van der Waals surface area contributed by atoms with Gasteiger partial charge in [-0.3, -0.25) is 9.59 Å². The highest BCUT2D eigenvalue weighted by molar-refractivity contribution is 5.81. The van der Waals surface area contributed by atoms with E-state index in [1.807, 2.05) is 6.92 Å². The highest BCUT2D eigenvalue weighted by atomic mass is 16.5. The van der Waals surface area contributed by atoms with E-state index < -0.39 is 24.4 Å². The first-order chi connectivity index (χ1) is 7.07. The van der Waals surface area contributed by atoms with Crippen LogP contribution in [0.15, 0.2) is 0 Å². The van der Waals surface area contributed by atoms with Crippen molar-refractivity contribution in [3.05, 3.63) is 0 Å². The van der Waals surface area contributed by atoms with E-state index in [1.165, 1.54) is 0 Å². The number of nitrogens with one attached hydrogen (secondary N) is 1. The third-order valence-corrected chi connectivity index (χ3v) is 1.65. The zero-order valence-electron chi connectivity index (χ0n) is 8.86. The molecule has 0 spiro atoms. The number of aliphatic carboxylic acids is 1. The van der Waals surface area contributed by atoms with Crippen molar-refractivity contribution in [3.63, 3.8) is 0 Å². The van der Waals surface area contributed by atoms with Gasteiger partial charge in [-0.2, -0.15) is 0 Å². The van der Waals surface area contributed by atoms with Gasteiger partial charge in [-0.1, -0.05) is 6.92 Å². The first-order valence-electron chi connectivity index (χ1n) is 4.92. The lowest BCUT2D eigenvalue weighted by atomic mass is 10.2. The summed E-state index contributed by atoms with van der Waals surface area (Å²) in [5, 5.41) is 11.4. The third-order valence-electron chi connectivity index (χ3n) is 1.65. The van der Waals surface area contributed by atoms with Gasteiger partial charge in [0.15, 0.2) is 0 Å². The Morgan fingerprint density at radius 3 is 2.67 bits per heavy atom. The van der Waals surface area contributed by atoms with Gasteiger partial charge in [0.2, 0.25) is 0 Å². The molecule has 1 atom stereocenters. The summed E-state index contributed by atoms with van der Waals surface area (Å²) in [5.74, 6) is -1.78. The molecule has 0 heterocycles. The molecule has 0 amide bonds. The topological polar surface area (TPSA) is 102 Å². The van der Waals surface area contributed by atoms with Crippen LogP contribution in [0.1, 0.15) is 19.8 Å². The summed E-state index contributed by atoms with van der Waals surface area (Å²) in [6.45, 7) is 3.66. The van der Waals surface area contributed by atoms with Crippen molar-refractivity contribution in [2.75, 3.05) is 19.7 Å². The second-order valence-electron chi connectivity index (χ2n) is 3.12. The minimum atomic E-state index is -1.11. The molecule has 0 aromatic heterocycles. The molecule has 0 aliphatic rings. The molecule has 4 N–H and O–H groups in total. The molecule has 0 saturated carbocycles. The standard InChI is InChI=1S/C9H18N2O4/c1-2-3-11-4-5-15-9(14)7(10)6-8(12)13/h7,11H,2-6,10H2,1H3,(H,12,13)/t7-/m0/s1. The van der Waals surface area contributed by atoms with Gasteiger partial charge in [-0.15, -0.1) is 0 Å². The summed E-state index contributed by atoms with van der Waals surface area (Å²) in [6.07, 6.45) is 0.605. The Hall–Kier alpha value is -1.14. The monoisotopic (exact) mass is 218 g/mol. The maximum Gasteiger partial charge on any atom is 0.323 e. The summed E-state index contributed by atoms with van der Waals surface area (Å²) in [5.41, 5.74) is 5.28. The Bertz CT molecular complexity index is 208. The van der Waals surface area contributed by atoms with Crippen molar-refractivity contribution in [2.24, 2.45) is 5.73 Å². The number of hydrogen-bond donors (Lipinski definition) is 3. The Balaban J connectivity index is 3.51. The van der Waals surface area contributed by atoms with Crippen molar-refractivity contribution in [1.82, 2.24) is 5.32 Å². The van der Waals surface area contributed by atoms with Gasteiger partial charge in [0, 0.05) is 6.54 Å². The van der Waals surface area contributed by atoms with E-state index in [9.17, 15) is 9.59 Å². The predicted molar refractivity (Wildman–Crippen MR) is 54.3 cm³/mol. The molecule has 88 valence electrons. The molecular weight excluding hydrogens is 200 g/mol. The van der Waals surface area contributed by atoms with Gasteiger partial charge in [-0.25, -0.2) is 0 Å². The van der Waals surface area contributed by atoms with E-state index in [4.69, 9.17) is 15.6 Å². The maximum atomic E-state index is 11.1. The number of hydrogen-bond acceptors (Lipinski definition) is 5. The largest absolute Gasteiger partial charge is 0.481 e. The molecule has 0 aromatic rings. The number of carbonyl (C=O) groups excluding carboxylic acids is 1. The molecule has 0 saturated heterocycles. The summed E-state index contributed by atoms with van der Waals surface area (Å²) in [7, 11) is 0. The van der Waals surface area contributed by atoms with Crippen LogP contribution in [0, 0.1) is 0 Å². The van der Waals surface area contributed by atoms with Crippen LogP contribution in [0.25, 0.3) is 0 Å². The summed E-state index contributed by atoms with van der Waals surface area (Å²) < 4.78 is 4.76. The molecular formula is C9H18N2O4. The Morgan fingerprint density at radius 1 is 1.47 bits per heavy atom. The van der Waals surface area contributed by atoms with Crippen LogP contribution in [0.3, 0.4) is 0 Å². The number of ether oxygens (including phenoxy) is 1. The lowest BCUT2D eigenvalue weighted by molar-refractivity contribution is -0.149. The zero-order chi connectivity index (χ0) is 11.7. The van der Waals surface area contributed by atoms with Gasteiger partial charge in [0.25, 0.3) is 0 Å². The van der Waals surface area contributed by atoms with E-state index in [0.717, 1.165) is 13.0 Å². The summed E-state index contributed by atoms with van der Waals surface area (Å²) >= 11 is 0. The van der Waals surface area contributed by atoms with E-state index in [2.05, 4.69) is 5.32 Å². The van der Waals surface area contributed by atoms with Crippen LogP contribution in [-0.4, -0.2) is 42.8 Å². The maximum absolute atomic E-state index is 11.1. The molecule has 0 radical (unpaired) electrons. The van der Waals surface area contributed by atoms with Gasteiger partial charge >= 0.3 is 11.9 Å². The van der Waals surface area contributed by atoms with Crippen LogP contribution in [0.2, 0.25) is 0 Å². The first-order valence-corrected chi connectivity index (χ1v) is 4.92.